The number of halogens is 1. The van der Waals surface area contributed by atoms with Gasteiger partial charge in [-0.25, -0.2) is 4.98 Å². The number of phenolic OH excluding ortho intramolecular Hbond substituents is 2. The normalized spacial score (nSPS) is 16.7. The van der Waals surface area contributed by atoms with Gasteiger partial charge < -0.3 is 15.5 Å². The lowest BCUT2D eigenvalue weighted by atomic mass is 9.97. The topological polar surface area (TPSA) is 85.9 Å². The molecule has 1 aliphatic rings. The second-order valence-electron chi connectivity index (χ2n) is 9.02. The Balaban J connectivity index is 1.32. The number of hydrogen-bond acceptors (Lipinski definition) is 6. The number of fused-ring (bicyclic) bond motifs is 1. The average molecular weight is 522 g/mol. The van der Waals surface area contributed by atoms with Crippen molar-refractivity contribution < 1.29 is 10.2 Å². The molecular formula is C26H28BrN5O2. The van der Waals surface area contributed by atoms with Crippen LogP contribution in [0.15, 0.2) is 59.2 Å². The maximum absolute atomic E-state index is 10.3. The number of rotatable bonds is 6. The van der Waals surface area contributed by atoms with E-state index in [9.17, 15) is 10.2 Å². The first-order chi connectivity index (χ1) is 16.5. The van der Waals surface area contributed by atoms with E-state index in [2.05, 4.69) is 37.3 Å². The lowest BCUT2D eigenvalue weighted by Crippen LogP contribution is -2.37. The van der Waals surface area contributed by atoms with Crippen LogP contribution in [0.3, 0.4) is 0 Å². The summed E-state index contributed by atoms with van der Waals surface area (Å²) in [5.74, 6) is 1.89. The van der Waals surface area contributed by atoms with Crippen LogP contribution in [0.5, 0.6) is 11.5 Å². The number of nitrogens with one attached hydrogen (secondary N) is 1. The SMILES string of the molecule is Cc1ccc(CN2CCCC(CNc3cc(-c4ccccc4O)nc4c(Br)cnn34)C2)cc1O. The van der Waals surface area contributed by atoms with Crippen molar-refractivity contribution in [1.29, 1.82) is 0 Å². The van der Waals surface area contributed by atoms with Crippen molar-refractivity contribution in [3.8, 4) is 22.8 Å². The highest BCUT2D eigenvalue weighted by atomic mass is 79.9. The van der Waals surface area contributed by atoms with Crippen molar-refractivity contribution in [2.45, 2.75) is 26.3 Å². The van der Waals surface area contributed by atoms with Gasteiger partial charge in [-0.05, 0) is 77.5 Å². The summed E-state index contributed by atoms with van der Waals surface area (Å²) >= 11 is 3.54. The number of nitrogens with zero attached hydrogens (tertiary/aromatic N) is 4. The highest BCUT2D eigenvalue weighted by Gasteiger charge is 2.21. The van der Waals surface area contributed by atoms with Crippen molar-refractivity contribution >= 4 is 27.4 Å². The van der Waals surface area contributed by atoms with Crippen LogP contribution in [0.2, 0.25) is 0 Å². The van der Waals surface area contributed by atoms with E-state index in [0.717, 1.165) is 60.4 Å². The fraction of sp³-hybridized carbons (Fsp3) is 0.308. The van der Waals surface area contributed by atoms with Crippen LogP contribution in [0.1, 0.15) is 24.0 Å². The van der Waals surface area contributed by atoms with E-state index in [-0.39, 0.29) is 5.75 Å². The van der Waals surface area contributed by atoms with E-state index in [1.165, 1.54) is 0 Å². The number of likely N-dealkylation sites (tertiary alicyclic amines) is 1. The van der Waals surface area contributed by atoms with Gasteiger partial charge in [-0.2, -0.15) is 9.61 Å². The molecule has 1 saturated heterocycles. The minimum Gasteiger partial charge on any atom is -0.508 e. The van der Waals surface area contributed by atoms with Crippen LogP contribution in [-0.2, 0) is 6.54 Å². The van der Waals surface area contributed by atoms with E-state index in [4.69, 9.17) is 4.98 Å². The third kappa shape index (κ3) is 4.74. The number of piperidine rings is 1. The highest BCUT2D eigenvalue weighted by Crippen LogP contribution is 2.31. The monoisotopic (exact) mass is 521 g/mol. The smallest absolute Gasteiger partial charge is 0.172 e. The number of aryl methyl sites for hydroxylation is 1. The molecule has 2 aromatic heterocycles. The molecule has 3 heterocycles. The molecule has 0 amide bonds. The van der Waals surface area contributed by atoms with Crippen LogP contribution >= 0.6 is 15.9 Å². The van der Waals surface area contributed by atoms with Gasteiger partial charge in [-0.15, -0.1) is 0 Å². The van der Waals surface area contributed by atoms with Crippen LogP contribution < -0.4 is 5.32 Å². The van der Waals surface area contributed by atoms with Gasteiger partial charge in [-0.1, -0.05) is 24.3 Å². The molecule has 1 atom stereocenters. The summed E-state index contributed by atoms with van der Waals surface area (Å²) in [7, 11) is 0. The average Bonchev–Trinajstić information content (AvgIpc) is 3.21. The quantitative estimate of drug-likeness (QED) is 0.323. The summed E-state index contributed by atoms with van der Waals surface area (Å²) in [6, 6.07) is 15.1. The molecule has 0 spiro atoms. The molecule has 1 aliphatic heterocycles. The van der Waals surface area contributed by atoms with Crippen molar-refractivity contribution in [1.82, 2.24) is 19.5 Å². The molecule has 8 heteroatoms. The number of hydrogen-bond donors (Lipinski definition) is 3. The first-order valence-corrected chi connectivity index (χ1v) is 12.3. The number of anilines is 1. The second kappa shape index (κ2) is 9.64. The van der Waals surface area contributed by atoms with Crippen LogP contribution in [-0.4, -0.2) is 49.3 Å². The highest BCUT2D eigenvalue weighted by molar-refractivity contribution is 9.10. The number of aromatic hydroxyl groups is 2. The van der Waals surface area contributed by atoms with E-state index < -0.39 is 0 Å². The molecule has 7 nitrogen and oxygen atoms in total. The van der Waals surface area contributed by atoms with E-state index in [0.29, 0.717) is 28.6 Å². The summed E-state index contributed by atoms with van der Waals surface area (Å²) in [5, 5.41) is 28.5. The molecule has 5 rings (SSSR count). The number of para-hydroxylation sites is 1. The third-order valence-corrected chi connectivity index (χ3v) is 7.02. The minimum absolute atomic E-state index is 0.200. The lowest BCUT2D eigenvalue weighted by molar-refractivity contribution is 0.173. The molecule has 0 radical (unpaired) electrons. The van der Waals surface area contributed by atoms with Gasteiger partial charge in [-0.3, -0.25) is 4.90 Å². The minimum atomic E-state index is 0.200. The predicted octanol–water partition coefficient (Wildman–Crippen LogP) is 5.20. The molecule has 1 unspecified atom stereocenters. The molecular weight excluding hydrogens is 494 g/mol. The first kappa shape index (κ1) is 22.7. The number of benzene rings is 2. The number of aromatic nitrogens is 3. The van der Waals surface area contributed by atoms with Crippen molar-refractivity contribution in [3.05, 3.63) is 70.3 Å². The molecule has 176 valence electrons. The molecule has 3 N–H and O–H groups in total. The predicted molar refractivity (Wildman–Crippen MR) is 137 cm³/mol. The summed E-state index contributed by atoms with van der Waals surface area (Å²) in [5.41, 5.74) is 4.13. The summed E-state index contributed by atoms with van der Waals surface area (Å²) < 4.78 is 2.60. The summed E-state index contributed by atoms with van der Waals surface area (Å²) in [6.45, 7) is 5.62. The zero-order chi connectivity index (χ0) is 23.7. The van der Waals surface area contributed by atoms with Gasteiger partial charge in [0.25, 0.3) is 0 Å². The fourth-order valence-electron chi connectivity index (χ4n) is 4.61. The van der Waals surface area contributed by atoms with E-state index >= 15 is 0 Å². The Morgan fingerprint density at radius 1 is 1.12 bits per heavy atom. The molecule has 0 aliphatic carbocycles. The van der Waals surface area contributed by atoms with Crippen LogP contribution in [0, 0.1) is 12.8 Å². The molecule has 4 aromatic rings. The Hall–Kier alpha value is -3.10. The van der Waals surface area contributed by atoms with Gasteiger partial charge in [0.15, 0.2) is 5.65 Å². The van der Waals surface area contributed by atoms with Crippen molar-refractivity contribution in [2.24, 2.45) is 5.92 Å². The third-order valence-electron chi connectivity index (χ3n) is 6.46. The molecule has 2 aromatic carbocycles. The maximum atomic E-state index is 10.3. The summed E-state index contributed by atoms with van der Waals surface area (Å²) in [4.78, 5) is 7.18. The van der Waals surface area contributed by atoms with Gasteiger partial charge in [0, 0.05) is 31.3 Å². The second-order valence-corrected chi connectivity index (χ2v) is 9.87. The number of phenols is 2. The Bertz CT molecular complexity index is 1320. The van der Waals surface area contributed by atoms with Crippen molar-refractivity contribution in [3.63, 3.8) is 0 Å². The van der Waals surface area contributed by atoms with Gasteiger partial charge in [0.1, 0.15) is 17.3 Å². The fourth-order valence-corrected chi connectivity index (χ4v) is 4.96. The molecule has 1 fully saturated rings. The largest absolute Gasteiger partial charge is 0.508 e. The molecule has 34 heavy (non-hydrogen) atoms. The zero-order valence-electron chi connectivity index (χ0n) is 19.1. The van der Waals surface area contributed by atoms with Crippen LogP contribution in [0.25, 0.3) is 16.9 Å². The van der Waals surface area contributed by atoms with Gasteiger partial charge >= 0.3 is 0 Å². The molecule has 0 saturated carbocycles. The van der Waals surface area contributed by atoms with Gasteiger partial charge in [0.2, 0.25) is 0 Å². The standard InChI is InChI=1S/C26H28BrN5O2/c1-17-8-9-18(11-24(17)34)15-31-10-4-5-19(16-31)13-28-25-12-22(20-6-2-3-7-23(20)33)30-26-21(27)14-29-32(25)26/h2-3,6-9,11-12,14,19,28,33-34H,4-5,10,13,15-16H2,1H3. The summed E-state index contributed by atoms with van der Waals surface area (Å²) in [6.07, 6.45) is 4.04. The lowest BCUT2D eigenvalue weighted by Gasteiger charge is -2.33. The Morgan fingerprint density at radius 3 is 2.79 bits per heavy atom. The van der Waals surface area contributed by atoms with E-state index in [1.807, 2.05) is 37.3 Å². The van der Waals surface area contributed by atoms with E-state index in [1.54, 1.807) is 22.8 Å². The maximum Gasteiger partial charge on any atom is 0.172 e. The Labute approximate surface area is 207 Å². The molecule has 0 bridgehead atoms. The first-order valence-electron chi connectivity index (χ1n) is 11.6. The van der Waals surface area contributed by atoms with Crippen molar-refractivity contribution in [2.75, 3.05) is 25.0 Å². The Morgan fingerprint density at radius 2 is 1.97 bits per heavy atom. The Kier molecular flexibility index (Phi) is 6.43. The zero-order valence-corrected chi connectivity index (χ0v) is 20.7. The van der Waals surface area contributed by atoms with Crippen LogP contribution in [0.4, 0.5) is 5.82 Å². The van der Waals surface area contributed by atoms with Gasteiger partial charge in [0.05, 0.1) is 16.4 Å².